The maximum Gasteiger partial charge on any atom is 0.0776 e. The van der Waals surface area contributed by atoms with Gasteiger partial charge in [-0.15, -0.1) is 0 Å². The van der Waals surface area contributed by atoms with Crippen LogP contribution in [0.1, 0.15) is 46.6 Å². The molecule has 1 rings (SSSR count). The Morgan fingerprint density at radius 3 is 2.53 bits per heavy atom. The first-order chi connectivity index (χ1) is 8.99. The van der Waals surface area contributed by atoms with Gasteiger partial charge in [0.05, 0.1) is 6.10 Å². The van der Waals surface area contributed by atoms with Crippen LogP contribution in [0.4, 0.5) is 0 Å². The number of thiophene rings is 1. The molecule has 0 aliphatic rings. The molecule has 110 valence electrons. The predicted octanol–water partition coefficient (Wildman–Crippen LogP) is 4.11. The Hall–Kier alpha value is -0.380. The van der Waals surface area contributed by atoms with Gasteiger partial charge in [0.25, 0.3) is 0 Å². The SMILES string of the molecule is CCNC(CCc1ccsc1)C(OCC)C(C)(C)C. The predicted molar refractivity (Wildman–Crippen MR) is 85.0 cm³/mol. The van der Waals surface area contributed by atoms with E-state index in [9.17, 15) is 0 Å². The van der Waals surface area contributed by atoms with E-state index in [1.807, 2.05) is 0 Å². The van der Waals surface area contributed by atoms with Crippen LogP contribution in [0.2, 0.25) is 0 Å². The number of hydrogen-bond acceptors (Lipinski definition) is 3. The first-order valence-corrected chi connectivity index (χ1v) is 8.29. The van der Waals surface area contributed by atoms with Gasteiger partial charge in [-0.2, -0.15) is 11.3 Å². The molecule has 0 aliphatic heterocycles. The molecule has 0 aromatic carbocycles. The van der Waals surface area contributed by atoms with Crippen molar-refractivity contribution < 1.29 is 4.74 Å². The van der Waals surface area contributed by atoms with Gasteiger partial charge >= 0.3 is 0 Å². The summed E-state index contributed by atoms with van der Waals surface area (Å²) in [5, 5.41) is 8.01. The van der Waals surface area contributed by atoms with E-state index in [1.165, 1.54) is 5.56 Å². The summed E-state index contributed by atoms with van der Waals surface area (Å²) in [7, 11) is 0. The molecule has 1 aromatic heterocycles. The summed E-state index contributed by atoms with van der Waals surface area (Å²) in [5.74, 6) is 0. The minimum atomic E-state index is 0.164. The van der Waals surface area contributed by atoms with E-state index in [2.05, 4.69) is 56.8 Å². The molecule has 0 radical (unpaired) electrons. The van der Waals surface area contributed by atoms with Gasteiger partial charge in [-0.1, -0.05) is 27.7 Å². The molecule has 2 atom stereocenters. The second kappa shape index (κ2) is 8.03. The van der Waals surface area contributed by atoms with Gasteiger partial charge in [0.15, 0.2) is 0 Å². The van der Waals surface area contributed by atoms with Gasteiger partial charge in [0.2, 0.25) is 0 Å². The van der Waals surface area contributed by atoms with E-state index >= 15 is 0 Å². The molecule has 1 heterocycles. The van der Waals surface area contributed by atoms with E-state index in [0.717, 1.165) is 26.0 Å². The number of ether oxygens (including phenoxy) is 1. The van der Waals surface area contributed by atoms with E-state index in [0.29, 0.717) is 6.04 Å². The summed E-state index contributed by atoms with van der Waals surface area (Å²) in [6, 6.07) is 2.64. The first-order valence-electron chi connectivity index (χ1n) is 7.35. The molecular weight excluding hydrogens is 254 g/mol. The van der Waals surface area contributed by atoms with Crippen LogP contribution in [-0.4, -0.2) is 25.3 Å². The number of rotatable bonds is 8. The zero-order valence-electron chi connectivity index (χ0n) is 13.0. The molecule has 3 heteroatoms. The number of nitrogens with one attached hydrogen (secondary N) is 1. The van der Waals surface area contributed by atoms with Crippen molar-refractivity contribution in [1.29, 1.82) is 0 Å². The fraction of sp³-hybridized carbons (Fsp3) is 0.750. The third-order valence-electron chi connectivity index (χ3n) is 3.36. The van der Waals surface area contributed by atoms with Crippen molar-refractivity contribution in [2.45, 2.75) is 59.6 Å². The monoisotopic (exact) mass is 283 g/mol. The molecule has 19 heavy (non-hydrogen) atoms. The van der Waals surface area contributed by atoms with Crippen LogP contribution in [0.5, 0.6) is 0 Å². The molecular formula is C16H29NOS. The van der Waals surface area contributed by atoms with E-state index in [4.69, 9.17) is 4.74 Å². The molecule has 0 spiro atoms. The highest BCUT2D eigenvalue weighted by Crippen LogP contribution is 2.27. The summed E-state index contributed by atoms with van der Waals surface area (Å²) < 4.78 is 6.03. The molecule has 0 amide bonds. The largest absolute Gasteiger partial charge is 0.376 e. The molecule has 0 saturated carbocycles. The summed E-state index contributed by atoms with van der Waals surface area (Å²) in [6.07, 6.45) is 2.52. The molecule has 1 N–H and O–H groups in total. The Labute approximate surface area is 122 Å². The van der Waals surface area contributed by atoms with Gasteiger partial charge in [-0.25, -0.2) is 0 Å². The lowest BCUT2D eigenvalue weighted by Gasteiger charge is -2.37. The quantitative estimate of drug-likeness (QED) is 0.775. The number of aryl methyl sites for hydroxylation is 1. The highest BCUT2D eigenvalue weighted by Gasteiger charge is 2.32. The second-order valence-corrected chi connectivity index (χ2v) is 6.86. The van der Waals surface area contributed by atoms with Crippen LogP contribution in [0.15, 0.2) is 16.8 Å². The van der Waals surface area contributed by atoms with Gasteiger partial charge in [-0.05, 0) is 54.1 Å². The van der Waals surface area contributed by atoms with Crippen molar-refractivity contribution in [3.63, 3.8) is 0 Å². The van der Waals surface area contributed by atoms with Crippen molar-refractivity contribution in [3.8, 4) is 0 Å². The third-order valence-corrected chi connectivity index (χ3v) is 4.09. The second-order valence-electron chi connectivity index (χ2n) is 6.08. The Morgan fingerprint density at radius 2 is 2.05 bits per heavy atom. The smallest absolute Gasteiger partial charge is 0.0776 e. The molecule has 2 nitrogen and oxygen atoms in total. The van der Waals surface area contributed by atoms with Crippen molar-refractivity contribution in [2.24, 2.45) is 5.41 Å². The zero-order chi connectivity index (χ0) is 14.3. The Morgan fingerprint density at radius 1 is 1.32 bits per heavy atom. The molecule has 1 aromatic rings. The summed E-state index contributed by atoms with van der Waals surface area (Å²) in [6.45, 7) is 12.8. The van der Waals surface area contributed by atoms with Crippen molar-refractivity contribution in [2.75, 3.05) is 13.2 Å². The van der Waals surface area contributed by atoms with E-state index in [1.54, 1.807) is 11.3 Å². The van der Waals surface area contributed by atoms with Crippen LogP contribution in [0.3, 0.4) is 0 Å². The standard InChI is InChI=1S/C16H29NOS/c1-6-17-14(9-8-13-10-11-19-12-13)15(18-7-2)16(3,4)5/h10-12,14-15,17H,6-9H2,1-5H3. The van der Waals surface area contributed by atoms with Gasteiger partial charge in [0.1, 0.15) is 0 Å². The minimum absolute atomic E-state index is 0.164. The average Bonchev–Trinajstić information content (AvgIpc) is 2.83. The summed E-state index contributed by atoms with van der Waals surface area (Å²) >= 11 is 1.78. The van der Waals surface area contributed by atoms with Gasteiger partial charge in [0, 0.05) is 12.6 Å². The average molecular weight is 283 g/mol. The van der Waals surface area contributed by atoms with Crippen molar-refractivity contribution >= 4 is 11.3 Å². The topological polar surface area (TPSA) is 21.3 Å². The summed E-state index contributed by atoms with van der Waals surface area (Å²) in [5.41, 5.74) is 1.61. The molecule has 0 bridgehead atoms. The fourth-order valence-corrected chi connectivity index (χ4v) is 3.23. The van der Waals surface area contributed by atoms with Crippen LogP contribution >= 0.6 is 11.3 Å². The van der Waals surface area contributed by atoms with Crippen LogP contribution in [0.25, 0.3) is 0 Å². The Bertz CT molecular complexity index is 329. The summed E-state index contributed by atoms with van der Waals surface area (Å²) in [4.78, 5) is 0. The van der Waals surface area contributed by atoms with Crippen LogP contribution in [0, 0.1) is 5.41 Å². The first kappa shape index (κ1) is 16.7. The van der Waals surface area contributed by atoms with Crippen molar-refractivity contribution in [1.82, 2.24) is 5.32 Å². The lowest BCUT2D eigenvalue weighted by molar-refractivity contribution is -0.0369. The van der Waals surface area contributed by atoms with Crippen LogP contribution in [-0.2, 0) is 11.2 Å². The zero-order valence-corrected chi connectivity index (χ0v) is 13.8. The van der Waals surface area contributed by atoms with Crippen LogP contribution < -0.4 is 5.32 Å². The molecule has 2 unspecified atom stereocenters. The normalized spacial score (nSPS) is 15.4. The maximum absolute atomic E-state index is 6.03. The highest BCUT2D eigenvalue weighted by molar-refractivity contribution is 7.07. The lowest BCUT2D eigenvalue weighted by atomic mass is 9.82. The number of likely N-dealkylation sites (N-methyl/N-ethyl adjacent to an activating group) is 1. The van der Waals surface area contributed by atoms with Gasteiger partial charge in [-0.3, -0.25) is 0 Å². The van der Waals surface area contributed by atoms with E-state index < -0.39 is 0 Å². The molecule has 0 saturated heterocycles. The number of hydrogen-bond donors (Lipinski definition) is 1. The third kappa shape index (κ3) is 5.64. The molecule has 0 fully saturated rings. The Balaban J connectivity index is 2.66. The van der Waals surface area contributed by atoms with Crippen molar-refractivity contribution in [3.05, 3.63) is 22.4 Å². The fourth-order valence-electron chi connectivity index (χ4n) is 2.53. The Kier molecular flexibility index (Phi) is 7.05. The lowest BCUT2D eigenvalue weighted by Crippen LogP contribution is -2.48. The minimum Gasteiger partial charge on any atom is -0.376 e. The highest BCUT2D eigenvalue weighted by atomic mass is 32.1. The molecule has 0 aliphatic carbocycles. The van der Waals surface area contributed by atoms with Gasteiger partial charge < -0.3 is 10.1 Å². The maximum atomic E-state index is 6.03. The van der Waals surface area contributed by atoms with E-state index in [-0.39, 0.29) is 11.5 Å².